The first-order valence-corrected chi connectivity index (χ1v) is 11.0. The average Bonchev–Trinajstić information content (AvgIpc) is 3.15. The van der Waals surface area contributed by atoms with E-state index in [0.29, 0.717) is 22.7 Å². The van der Waals surface area contributed by atoms with Gasteiger partial charge in [0.15, 0.2) is 0 Å². The van der Waals surface area contributed by atoms with Gasteiger partial charge in [0.1, 0.15) is 15.9 Å². The van der Waals surface area contributed by atoms with Crippen LogP contribution in [0.2, 0.25) is 10.2 Å². The van der Waals surface area contributed by atoms with Crippen molar-refractivity contribution in [1.29, 1.82) is 0 Å². The van der Waals surface area contributed by atoms with Crippen LogP contribution in [-0.2, 0) is 10.0 Å². The van der Waals surface area contributed by atoms with Gasteiger partial charge in [0, 0.05) is 23.3 Å². The van der Waals surface area contributed by atoms with Crippen molar-refractivity contribution in [3.8, 4) is 0 Å². The van der Waals surface area contributed by atoms with Gasteiger partial charge in [0.25, 0.3) is 10.0 Å². The van der Waals surface area contributed by atoms with E-state index in [1.807, 2.05) is 0 Å². The zero-order chi connectivity index (χ0) is 20.6. The van der Waals surface area contributed by atoms with Crippen LogP contribution in [0.1, 0.15) is 18.0 Å². The first-order valence-electron chi connectivity index (χ1n) is 8.81. The van der Waals surface area contributed by atoms with Crippen LogP contribution in [0.25, 0.3) is 0 Å². The van der Waals surface area contributed by atoms with E-state index in [1.165, 1.54) is 28.8 Å². The molecule has 1 aliphatic rings. The van der Waals surface area contributed by atoms with E-state index < -0.39 is 16.1 Å². The third-order valence-corrected chi connectivity index (χ3v) is 6.99. The number of sulfonamides is 1. The Kier molecular flexibility index (Phi) is 5.48. The molecule has 1 aromatic heterocycles. The summed E-state index contributed by atoms with van der Waals surface area (Å²) in [5.41, 5.74) is 1.01. The monoisotopic (exact) mass is 451 g/mol. The summed E-state index contributed by atoms with van der Waals surface area (Å²) >= 11 is 11.8. The molecule has 1 aliphatic heterocycles. The second kappa shape index (κ2) is 7.91. The summed E-state index contributed by atoms with van der Waals surface area (Å²) in [5, 5.41) is 2.31. The van der Waals surface area contributed by atoms with Gasteiger partial charge in [-0.15, -0.1) is 4.41 Å². The van der Waals surface area contributed by atoms with Gasteiger partial charge < -0.3 is 0 Å². The summed E-state index contributed by atoms with van der Waals surface area (Å²) < 4.78 is 42.5. The molecule has 0 amide bonds. The van der Waals surface area contributed by atoms with Crippen molar-refractivity contribution < 1.29 is 12.8 Å². The van der Waals surface area contributed by atoms with Gasteiger partial charge in [-0.2, -0.15) is 0 Å². The number of anilines is 1. The Hall–Kier alpha value is -2.19. The number of benzene rings is 2. The Morgan fingerprint density at radius 2 is 1.72 bits per heavy atom. The number of hydrogen-bond donors (Lipinski definition) is 0. The Labute approximate surface area is 178 Å². The van der Waals surface area contributed by atoms with E-state index in [1.54, 1.807) is 47.5 Å². The highest BCUT2D eigenvalue weighted by atomic mass is 35.5. The molecule has 150 valence electrons. The zero-order valence-electron chi connectivity index (χ0n) is 15.0. The minimum absolute atomic E-state index is 0.00930. The maximum absolute atomic E-state index is 14.5. The molecule has 2 aromatic carbocycles. The van der Waals surface area contributed by atoms with Gasteiger partial charge in [0.2, 0.25) is 0 Å². The van der Waals surface area contributed by atoms with Crippen molar-refractivity contribution in [3.05, 3.63) is 88.4 Å². The summed E-state index contributed by atoms with van der Waals surface area (Å²) in [4.78, 5) is 3.89. The minimum Gasteiger partial charge on any atom is -0.285 e. The molecule has 3 aromatic rings. The topological polar surface area (TPSA) is 53.5 Å². The molecule has 0 bridgehead atoms. The van der Waals surface area contributed by atoms with Gasteiger partial charge in [-0.25, -0.2) is 17.8 Å². The predicted molar refractivity (Wildman–Crippen MR) is 111 cm³/mol. The minimum atomic E-state index is -3.93. The number of aromatic nitrogens is 1. The molecule has 0 spiro atoms. The molecule has 1 unspecified atom stereocenters. The Morgan fingerprint density at radius 3 is 2.38 bits per heavy atom. The van der Waals surface area contributed by atoms with Crippen molar-refractivity contribution >= 4 is 38.9 Å². The third kappa shape index (κ3) is 3.83. The van der Waals surface area contributed by atoms with Crippen LogP contribution in [0.4, 0.5) is 10.1 Å². The highest BCUT2D eigenvalue weighted by molar-refractivity contribution is 7.89. The predicted octanol–water partition coefficient (Wildman–Crippen LogP) is 5.08. The first-order chi connectivity index (χ1) is 13.9. The Morgan fingerprint density at radius 1 is 1.00 bits per heavy atom. The molecule has 5 nitrogen and oxygen atoms in total. The Bertz CT molecular complexity index is 1130. The number of rotatable bonds is 4. The number of nitrogens with zero attached hydrogens (tertiary/aromatic N) is 3. The van der Waals surface area contributed by atoms with Crippen molar-refractivity contribution in [1.82, 2.24) is 9.40 Å². The number of halogens is 3. The van der Waals surface area contributed by atoms with Crippen LogP contribution in [0, 0.1) is 5.82 Å². The number of hydrazine groups is 1. The van der Waals surface area contributed by atoms with Gasteiger partial charge in [-0.1, -0.05) is 41.4 Å². The lowest BCUT2D eigenvalue weighted by Gasteiger charge is -2.33. The number of pyridine rings is 1. The zero-order valence-corrected chi connectivity index (χ0v) is 17.4. The lowest BCUT2D eigenvalue weighted by Crippen LogP contribution is -2.42. The molecule has 1 atom stereocenters. The summed E-state index contributed by atoms with van der Waals surface area (Å²) in [6.45, 7) is 0.187. The second-order valence-electron chi connectivity index (χ2n) is 6.51. The molecule has 1 fully saturated rings. The molecular weight excluding hydrogens is 436 g/mol. The van der Waals surface area contributed by atoms with Crippen LogP contribution in [0.3, 0.4) is 0 Å². The lowest BCUT2D eigenvalue weighted by molar-refractivity contribution is 0.437. The van der Waals surface area contributed by atoms with Crippen LogP contribution in [-0.4, -0.2) is 24.4 Å². The molecule has 0 radical (unpaired) electrons. The first kappa shape index (κ1) is 20.1. The lowest BCUT2D eigenvalue weighted by atomic mass is 10.0. The van der Waals surface area contributed by atoms with Gasteiger partial charge in [-0.05, 0) is 48.9 Å². The quantitative estimate of drug-likeness (QED) is 0.518. The fourth-order valence-corrected chi connectivity index (χ4v) is 5.12. The smallest absolute Gasteiger partial charge is 0.261 e. The van der Waals surface area contributed by atoms with Crippen molar-refractivity contribution in [2.45, 2.75) is 17.4 Å². The Balaban J connectivity index is 1.82. The molecule has 9 heteroatoms. The summed E-state index contributed by atoms with van der Waals surface area (Å²) in [5.74, 6) is -0.385. The summed E-state index contributed by atoms with van der Waals surface area (Å²) in [6.07, 6.45) is 1.64. The van der Waals surface area contributed by atoms with E-state index in [-0.39, 0.29) is 22.4 Å². The molecule has 0 N–H and O–H groups in total. The van der Waals surface area contributed by atoms with E-state index in [0.717, 1.165) is 0 Å². The normalized spacial score (nSPS) is 17.6. The standard InChI is InChI=1S/C20H16Cl2FN3O2S/c21-14-5-7-15(8-6-14)26-19(17-3-1-2-4-18(17)23)11-12-25(26)29(27,28)16-9-10-20(22)24-13-16/h1-10,13,19H,11-12H2. The maximum atomic E-state index is 14.5. The third-order valence-electron chi connectivity index (χ3n) is 4.76. The molecular formula is C20H16Cl2FN3O2S. The summed E-state index contributed by atoms with van der Waals surface area (Å²) in [6, 6.07) is 15.5. The molecule has 0 saturated carbocycles. The highest BCUT2D eigenvalue weighted by Gasteiger charge is 2.41. The second-order valence-corrected chi connectivity index (χ2v) is 9.18. The molecule has 1 saturated heterocycles. The van der Waals surface area contributed by atoms with Crippen molar-refractivity contribution in [2.75, 3.05) is 11.6 Å². The van der Waals surface area contributed by atoms with E-state index in [9.17, 15) is 12.8 Å². The van der Waals surface area contributed by atoms with E-state index in [4.69, 9.17) is 23.2 Å². The van der Waals surface area contributed by atoms with E-state index in [2.05, 4.69) is 4.98 Å². The van der Waals surface area contributed by atoms with Crippen LogP contribution in [0.15, 0.2) is 71.8 Å². The number of hydrogen-bond acceptors (Lipinski definition) is 4. The largest absolute Gasteiger partial charge is 0.285 e. The average molecular weight is 452 g/mol. The fraction of sp³-hybridized carbons (Fsp3) is 0.150. The highest BCUT2D eigenvalue weighted by Crippen LogP contribution is 2.40. The van der Waals surface area contributed by atoms with Gasteiger partial charge in [0.05, 0.1) is 11.7 Å². The summed E-state index contributed by atoms with van der Waals surface area (Å²) in [7, 11) is -3.93. The van der Waals surface area contributed by atoms with Crippen LogP contribution in [0.5, 0.6) is 0 Å². The van der Waals surface area contributed by atoms with Gasteiger partial charge in [-0.3, -0.25) is 5.01 Å². The molecule has 4 rings (SSSR count). The van der Waals surface area contributed by atoms with Crippen LogP contribution < -0.4 is 5.01 Å². The van der Waals surface area contributed by atoms with Crippen LogP contribution >= 0.6 is 23.2 Å². The molecule has 0 aliphatic carbocycles. The fourth-order valence-electron chi connectivity index (χ4n) is 3.43. The van der Waals surface area contributed by atoms with E-state index >= 15 is 0 Å². The SMILES string of the molecule is O=S(=O)(c1ccc(Cl)nc1)N1CCC(c2ccccc2F)N1c1ccc(Cl)cc1. The van der Waals surface area contributed by atoms with Crippen molar-refractivity contribution in [3.63, 3.8) is 0 Å². The maximum Gasteiger partial charge on any atom is 0.261 e. The van der Waals surface area contributed by atoms with Gasteiger partial charge >= 0.3 is 0 Å². The van der Waals surface area contributed by atoms with Crippen molar-refractivity contribution in [2.24, 2.45) is 0 Å². The molecule has 2 heterocycles. The molecule has 29 heavy (non-hydrogen) atoms.